The van der Waals surface area contributed by atoms with E-state index in [1.807, 2.05) is 0 Å². The van der Waals surface area contributed by atoms with Crippen LogP contribution in [0.4, 0.5) is 0 Å². The zero-order valence-corrected chi connectivity index (χ0v) is 38.5. The van der Waals surface area contributed by atoms with Gasteiger partial charge >= 0.3 is 0 Å². The van der Waals surface area contributed by atoms with Crippen molar-refractivity contribution in [2.45, 2.75) is 119 Å². The summed E-state index contributed by atoms with van der Waals surface area (Å²) in [4.78, 5) is 0. The molecule has 0 saturated heterocycles. The monoisotopic (exact) mass is 806 g/mol. The predicted molar refractivity (Wildman–Crippen MR) is 268 cm³/mol. The van der Waals surface area contributed by atoms with Crippen molar-refractivity contribution >= 4 is 78.5 Å². The number of fused-ring (bicyclic) bond motifs is 8. The molecule has 0 saturated carbocycles. The minimum atomic E-state index is 0.0663. The minimum Gasteiger partial charge on any atom is -0.458 e. The summed E-state index contributed by atoms with van der Waals surface area (Å²) < 4.78 is 14.2. The molecular formula is C58H56B2O2. The summed E-state index contributed by atoms with van der Waals surface area (Å²) in [5, 5.41) is 8.56. The van der Waals surface area contributed by atoms with Crippen molar-refractivity contribution in [3.8, 4) is 45.3 Å². The zero-order chi connectivity index (χ0) is 42.9. The summed E-state index contributed by atoms with van der Waals surface area (Å²) in [5.41, 5.74) is 21.6. The Balaban J connectivity index is 1.29. The Morgan fingerprint density at radius 3 is 1.05 bits per heavy atom. The average molecular weight is 807 g/mol. The first-order chi connectivity index (χ1) is 29.7. The summed E-state index contributed by atoms with van der Waals surface area (Å²) in [5.74, 6) is 6.25. The van der Waals surface area contributed by atoms with Crippen LogP contribution < -0.4 is 42.3 Å². The largest absolute Gasteiger partial charge is 0.458 e. The highest BCUT2D eigenvalue weighted by atomic mass is 16.5. The maximum absolute atomic E-state index is 7.08. The highest BCUT2D eigenvalue weighted by Gasteiger charge is 2.44. The molecule has 0 spiro atoms. The van der Waals surface area contributed by atoms with Crippen molar-refractivity contribution in [2.75, 3.05) is 0 Å². The standard InChI is InChI=1S/C58H56B2O2/c1-27(2)33-13-15-45-49(19-33)61-51-21-35(29(5)6)17-43-39-23-38(32(11)12)42-26-48-54-40(24-37(31(9)10)41-25-47(59(45)57(43)51)53(39)55(42)56(41)54)44-18-36(30(7)8)22-52-58(44)60(48)46-16-14-34(28(3)4)20-50(46)62-52/h13-32H,1-12H3. The molecule has 0 atom stereocenters. The van der Waals surface area contributed by atoms with Crippen molar-refractivity contribution in [1.29, 1.82) is 0 Å². The lowest BCUT2D eigenvalue weighted by Gasteiger charge is -2.38. The molecular weight excluding hydrogens is 750 g/mol. The van der Waals surface area contributed by atoms with Crippen LogP contribution in [-0.2, 0) is 0 Å². The van der Waals surface area contributed by atoms with Crippen LogP contribution in [0.15, 0.2) is 84.9 Å². The molecule has 4 aliphatic heterocycles. The molecule has 4 aliphatic rings. The molecule has 0 bridgehead atoms. The highest BCUT2D eigenvalue weighted by molar-refractivity contribution is 7.01. The Kier molecular flexibility index (Phi) is 8.04. The Morgan fingerprint density at radius 2 is 0.694 bits per heavy atom. The number of rotatable bonds is 6. The summed E-state index contributed by atoms with van der Waals surface area (Å²) in [6, 6.07) is 34.3. The lowest BCUT2D eigenvalue weighted by atomic mass is 9.31. The smallest absolute Gasteiger partial charge is 0.252 e. The van der Waals surface area contributed by atoms with Gasteiger partial charge in [-0.1, -0.05) is 143 Å². The number of hydrogen-bond donors (Lipinski definition) is 0. The topological polar surface area (TPSA) is 18.5 Å². The molecule has 0 amide bonds. The van der Waals surface area contributed by atoms with Gasteiger partial charge in [-0.15, -0.1) is 0 Å². The molecule has 62 heavy (non-hydrogen) atoms. The van der Waals surface area contributed by atoms with Crippen LogP contribution >= 0.6 is 0 Å². The average Bonchev–Trinajstić information content (AvgIpc) is 3.24. The first-order valence-electron chi connectivity index (χ1n) is 23.6. The van der Waals surface area contributed by atoms with E-state index in [2.05, 4.69) is 168 Å². The Morgan fingerprint density at radius 1 is 0.323 bits per heavy atom. The van der Waals surface area contributed by atoms with E-state index < -0.39 is 0 Å². The van der Waals surface area contributed by atoms with Crippen LogP contribution in [-0.4, -0.2) is 13.4 Å². The number of ether oxygens (including phenoxy) is 2. The van der Waals surface area contributed by atoms with E-state index in [-0.39, 0.29) is 13.4 Å². The van der Waals surface area contributed by atoms with Gasteiger partial charge in [0, 0.05) is 0 Å². The second-order valence-electron chi connectivity index (χ2n) is 21.1. The van der Waals surface area contributed by atoms with E-state index in [4.69, 9.17) is 9.47 Å². The van der Waals surface area contributed by atoms with Crippen LogP contribution in [0.25, 0.3) is 54.6 Å². The fraction of sp³-hybridized carbons (Fsp3) is 0.310. The molecule has 0 aromatic heterocycles. The molecule has 0 aliphatic carbocycles. The summed E-state index contributed by atoms with van der Waals surface area (Å²) >= 11 is 0. The lowest BCUT2D eigenvalue weighted by molar-refractivity contribution is 0.485. The quantitative estimate of drug-likeness (QED) is 0.123. The zero-order valence-electron chi connectivity index (χ0n) is 38.5. The molecule has 8 aromatic rings. The molecule has 2 nitrogen and oxygen atoms in total. The van der Waals surface area contributed by atoms with E-state index in [0.29, 0.717) is 35.5 Å². The number of benzene rings is 8. The maximum Gasteiger partial charge on any atom is 0.252 e. The fourth-order valence-electron chi connectivity index (χ4n) is 12.0. The second kappa shape index (κ2) is 13.0. The van der Waals surface area contributed by atoms with Gasteiger partial charge in [0.05, 0.1) is 0 Å². The van der Waals surface area contributed by atoms with E-state index >= 15 is 0 Å². The molecule has 0 unspecified atom stereocenters. The fourth-order valence-corrected chi connectivity index (χ4v) is 12.0. The molecule has 4 heteroatoms. The van der Waals surface area contributed by atoms with E-state index in [9.17, 15) is 0 Å². The van der Waals surface area contributed by atoms with Crippen LogP contribution in [0, 0.1) is 0 Å². The first-order valence-corrected chi connectivity index (χ1v) is 23.6. The third-order valence-electron chi connectivity index (χ3n) is 15.4. The third kappa shape index (κ3) is 5.01. The van der Waals surface area contributed by atoms with Crippen molar-refractivity contribution in [3.05, 3.63) is 118 Å². The van der Waals surface area contributed by atoms with Crippen LogP contribution in [0.3, 0.4) is 0 Å². The van der Waals surface area contributed by atoms with Gasteiger partial charge in [0.15, 0.2) is 0 Å². The maximum atomic E-state index is 7.08. The molecule has 0 radical (unpaired) electrons. The lowest BCUT2D eigenvalue weighted by Crippen LogP contribution is -2.58. The van der Waals surface area contributed by atoms with Crippen LogP contribution in [0.5, 0.6) is 23.0 Å². The van der Waals surface area contributed by atoms with E-state index in [0.717, 1.165) is 23.0 Å². The van der Waals surface area contributed by atoms with E-state index in [1.54, 1.807) is 0 Å². The third-order valence-corrected chi connectivity index (χ3v) is 15.4. The first kappa shape index (κ1) is 38.2. The van der Waals surface area contributed by atoms with Crippen LogP contribution in [0.1, 0.15) is 152 Å². The predicted octanol–water partition coefficient (Wildman–Crippen LogP) is 12.5. The summed E-state index contributed by atoms with van der Waals surface area (Å²) in [6.45, 7) is 28.1. The molecule has 0 fully saturated rings. The summed E-state index contributed by atoms with van der Waals surface area (Å²) in [7, 11) is 0. The van der Waals surface area contributed by atoms with Gasteiger partial charge in [-0.25, -0.2) is 0 Å². The van der Waals surface area contributed by atoms with Gasteiger partial charge in [0.25, 0.3) is 13.4 Å². The Bertz CT molecular complexity index is 3050. The van der Waals surface area contributed by atoms with Crippen molar-refractivity contribution in [3.63, 3.8) is 0 Å². The van der Waals surface area contributed by atoms with Crippen molar-refractivity contribution in [1.82, 2.24) is 0 Å². The Labute approximate surface area is 368 Å². The minimum absolute atomic E-state index is 0.0663. The van der Waals surface area contributed by atoms with Crippen molar-refractivity contribution in [2.24, 2.45) is 0 Å². The number of hydrogen-bond acceptors (Lipinski definition) is 2. The van der Waals surface area contributed by atoms with Gasteiger partial charge in [-0.3, -0.25) is 0 Å². The van der Waals surface area contributed by atoms with Crippen molar-refractivity contribution < 1.29 is 9.47 Å². The second-order valence-corrected chi connectivity index (χ2v) is 21.1. The van der Waals surface area contributed by atoms with Crippen LogP contribution in [0.2, 0.25) is 0 Å². The SMILES string of the molecule is CC(C)c1ccc2c(c1)Oc1cc(C(C)C)cc3c1B2c1cc2c(C(C)C)cc4c5c(cc6c(C(C)C)cc-3c1c6c25)B1c2ccc(C(C)C)cc2Oc2cc(C(C)C)cc-4c21. The molecule has 4 heterocycles. The molecule has 306 valence electrons. The van der Waals surface area contributed by atoms with Gasteiger partial charge in [-0.2, -0.15) is 0 Å². The molecule has 0 N–H and O–H groups in total. The molecule has 8 aromatic carbocycles. The molecule has 12 rings (SSSR count). The van der Waals surface area contributed by atoms with Gasteiger partial charge in [-0.05, 0) is 182 Å². The van der Waals surface area contributed by atoms with E-state index in [1.165, 1.54) is 121 Å². The highest BCUT2D eigenvalue weighted by Crippen LogP contribution is 2.50. The Hall–Kier alpha value is -5.47. The van der Waals surface area contributed by atoms with Gasteiger partial charge in [0.2, 0.25) is 0 Å². The summed E-state index contributed by atoms with van der Waals surface area (Å²) in [6.07, 6.45) is 0. The van der Waals surface area contributed by atoms with Gasteiger partial charge in [0.1, 0.15) is 23.0 Å². The van der Waals surface area contributed by atoms with Gasteiger partial charge < -0.3 is 9.47 Å². The normalized spacial score (nSPS) is 14.2.